The molecule has 2 aromatic carbocycles. The number of rotatable bonds is 5. The Bertz CT molecular complexity index is 1130. The average molecular weight is 429 g/mol. The summed E-state index contributed by atoms with van der Waals surface area (Å²) in [6.07, 6.45) is 5.86. The second-order valence-corrected chi connectivity index (χ2v) is 8.60. The van der Waals surface area contributed by atoms with Crippen LogP contribution in [-0.2, 0) is 6.54 Å². The maximum Gasteiger partial charge on any atom is 0.0924 e. The fraction of sp³-hybridized carbons (Fsp3) is 0.231. The molecule has 5 heteroatoms. The molecule has 1 saturated heterocycles. The fourth-order valence-electron chi connectivity index (χ4n) is 4.45. The van der Waals surface area contributed by atoms with Gasteiger partial charge >= 0.3 is 0 Å². The molecular formula is C26H25ClN4. The van der Waals surface area contributed by atoms with Crippen LogP contribution in [0.1, 0.15) is 30.0 Å². The average Bonchev–Trinajstić information content (AvgIpc) is 3.31. The Morgan fingerprint density at radius 2 is 1.68 bits per heavy atom. The Hall–Kier alpha value is -2.95. The molecule has 0 saturated carbocycles. The van der Waals surface area contributed by atoms with Crippen molar-refractivity contribution >= 4 is 11.6 Å². The number of halogens is 1. The van der Waals surface area contributed by atoms with Gasteiger partial charge in [0.2, 0.25) is 0 Å². The highest BCUT2D eigenvalue weighted by molar-refractivity contribution is 6.30. The van der Waals surface area contributed by atoms with E-state index in [0.29, 0.717) is 5.92 Å². The highest BCUT2D eigenvalue weighted by atomic mass is 35.5. The van der Waals surface area contributed by atoms with Crippen molar-refractivity contribution in [3.63, 3.8) is 0 Å². The molecule has 1 N–H and O–H groups in total. The first-order chi connectivity index (χ1) is 15.3. The summed E-state index contributed by atoms with van der Waals surface area (Å²) in [6, 6.07) is 23.0. The topological polar surface area (TPSA) is 44.8 Å². The van der Waals surface area contributed by atoms with Crippen LogP contribution in [-0.4, -0.2) is 33.2 Å². The van der Waals surface area contributed by atoms with Crippen molar-refractivity contribution in [2.45, 2.75) is 25.3 Å². The van der Waals surface area contributed by atoms with Gasteiger partial charge in [-0.05, 0) is 73.0 Å². The van der Waals surface area contributed by atoms with E-state index in [0.717, 1.165) is 48.8 Å². The summed E-state index contributed by atoms with van der Waals surface area (Å²) in [5.41, 5.74) is 7.13. The van der Waals surface area contributed by atoms with Gasteiger partial charge in [0.15, 0.2) is 0 Å². The summed E-state index contributed by atoms with van der Waals surface area (Å²) in [5.74, 6) is 0.521. The van der Waals surface area contributed by atoms with Crippen LogP contribution < -0.4 is 0 Å². The van der Waals surface area contributed by atoms with E-state index in [9.17, 15) is 0 Å². The minimum absolute atomic E-state index is 0.521. The molecule has 2 aromatic heterocycles. The zero-order valence-corrected chi connectivity index (χ0v) is 18.1. The summed E-state index contributed by atoms with van der Waals surface area (Å²) < 4.78 is 0. The summed E-state index contributed by atoms with van der Waals surface area (Å²) in [7, 11) is 0. The van der Waals surface area contributed by atoms with Gasteiger partial charge in [-0.2, -0.15) is 5.10 Å². The second kappa shape index (κ2) is 9.04. The largest absolute Gasteiger partial charge is 0.299 e. The molecule has 156 valence electrons. The van der Waals surface area contributed by atoms with Crippen LogP contribution in [0, 0.1) is 0 Å². The van der Waals surface area contributed by atoms with E-state index in [1.165, 1.54) is 22.4 Å². The number of H-pyrrole nitrogens is 1. The van der Waals surface area contributed by atoms with Crippen molar-refractivity contribution in [3.05, 3.63) is 95.4 Å². The number of aromatic amines is 1. The molecule has 31 heavy (non-hydrogen) atoms. The Balaban J connectivity index is 1.26. The lowest BCUT2D eigenvalue weighted by Crippen LogP contribution is -2.32. The number of nitrogens with one attached hydrogen (secondary N) is 1. The SMILES string of the molecule is Clc1ccc(-c2ccccc2)c(CN2CCC(c3cc(-c4ccncc4)n[nH]3)CC2)c1. The first-order valence-corrected chi connectivity index (χ1v) is 11.2. The summed E-state index contributed by atoms with van der Waals surface area (Å²) in [4.78, 5) is 6.63. The predicted octanol–water partition coefficient (Wildman–Crippen LogP) is 6.17. The van der Waals surface area contributed by atoms with Gasteiger partial charge in [-0.25, -0.2) is 0 Å². The van der Waals surface area contributed by atoms with E-state index in [4.69, 9.17) is 11.6 Å². The molecule has 0 radical (unpaired) electrons. The highest BCUT2D eigenvalue weighted by Crippen LogP contribution is 2.32. The van der Waals surface area contributed by atoms with Crippen LogP contribution in [0.3, 0.4) is 0 Å². The van der Waals surface area contributed by atoms with Crippen molar-refractivity contribution in [2.24, 2.45) is 0 Å². The molecule has 0 amide bonds. The number of hydrogen-bond acceptors (Lipinski definition) is 3. The van der Waals surface area contributed by atoms with Gasteiger partial charge in [0, 0.05) is 41.1 Å². The minimum Gasteiger partial charge on any atom is -0.299 e. The molecule has 1 aliphatic heterocycles. The monoisotopic (exact) mass is 428 g/mol. The fourth-order valence-corrected chi connectivity index (χ4v) is 4.65. The maximum absolute atomic E-state index is 6.34. The number of aromatic nitrogens is 3. The Morgan fingerprint density at radius 1 is 0.903 bits per heavy atom. The van der Waals surface area contributed by atoms with Crippen molar-refractivity contribution in [3.8, 4) is 22.4 Å². The lowest BCUT2D eigenvalue weighted by molar-refractivity contribution is 0.203. The van der Waals surface area contributed by atoms with Gasteiger partial charge in [-0.3, -0.25) is 15.0 Å². The van der Waals surface area contributed by atoms with Crippen LogP contribution in [0.25, 0.3) is 22.4 Å². The standard InChI is InChI=1S/C26H25ClN4/c27-23-6-7-24(19-4-2-1-3-5-19)22(16-23)18-31-14-10-21(11-15-31)26-17-25(29-30-26)20-8-12-28-13-9-20/h1-9,12-13,16-17,21H,10-11,14-15,18H2,(H,29,30). The number of pyridine rings is 1. The van der Waals surface area contributed by atoms with Gasteiger partial charge in [-0.1, -0.05) is 48.0 Å². The van der Waals surface area contributed by atoms with Crippen molar-refractivity contribution in [1.82, 2.24) is 20.1 Å². The molecule has 0 bridgehead atoms. The van der Waals surface area contributed by atoms with E-state index in [1.54, 1.807) is 0 Å². The van der Waals surface area contributed by atoms with Crippen LogP contribution in [0.15, 0.2) is 79.1 Å². The Labute approximate surface area is 187 Å². The third kappa shape index (κ3) is 4.55. The summed E-state index contributed by atoms with van der Waals surface area (Å²) >= 11 is 6.34. The zero-order valence-electron chi connectivity index (χ0n) is 17.3. The summed E-state index contributed by atoms with van der Waals surface area (Å²) in [5, 5.41) is 8.59. The Morgan fingerprint density at radius 3 is 2.45 bits per heavy atom. The third-order valence-electron chi connectivity index (χ3n) is 6.15. The second-order valence-electron chi connectivity index (χ2n) is 8.16. The van der Waals surface area contributed by atoms with Gasteiger partial charge in [-0.15, -0.1) is 0 Å². The van der Waals surface area contributed by atoms with Gasteiger partial charge in [0.1, 0.15) is 0 Å². The number of likely N-dealkylation sites (tertiary alicyclic amines) is 1. The molecule has 4 aromatic rings. The minimum atomic E-state index is 0.521. The van der Waals surface area contributed by atoms with Crippen molar-refractivity contribution in [2.75, 3.05) is 13.1 Å². The van der Waals surface area contributed by atoms with Crippen LogP contribution >= 0.6 is 11.6 Å². The predicted molar refractivity (Wildman–Crippen MR) is 126 cm³/mol. The summed E-state index contributed by atoms with van der Waals surface area (Å²) in [6.45, 7) is 3.05. The molecular weight excluding hydrogens is 404 g/mol. The molecule has 3 heterocycles. The quantitative estimate of drug-likeness (QED) is 0.413. The van der Waals surface area contributed by atoms with Crippen LogP contribution in [0.5, 0.6) is 0 Å². The number of hydrogen-bond donors (Lipinski definition) is 1. The lowest BCUT2D eigenvalue weighted by atomic mass is 9.92. The third-order valence-corrected chi connectivity index (χ3v) is 6.38. The molecule has 0 aliphatic carbocycles. The smallest absolute Gasteiger partial charge is 0.0924 e. The van der Waals surface area contributed by atoms with Crippen molar-refractivity contribution in [1.29, 1.82) is 0 Å². The normalized spacial score (nSPS) is 15.3. The molecule has 4 nitrogen and oxygen atoms in total. The first kappa shape index (κ1) is 20.0. The van der Waals surface area contributed by atoms with Gasteiger partial charge in [0.25, 0.3) is 0 Å². The van der Waals surface area contributed by atoms with E-state index >= 15 is 0 Å². The van der Waals surface area contributed by atoms with Crippen LogP contribution in [0.4, 0.5) is 0 Å². The first-order valence-electron chi connectivity index (χ1n) is 10.8. The van der Waals surface area contributed by atoms with Crippen molar-refractivity contribution < 1.29 is 0 Å². The molecule has 5 rings (SSSR count). The molecule has 1 fully saturated rings. The van der Waals surface area contributed by atoms with Gasteiger partial charge < -0.3 is 0 Å². The highest BCUT2D eigenvalue weighted by Gasteiger charge is 2.23. The molecule has 0 atom stereocenters. The zero-order chi connectivity index (χ0) is 21.0. The molecule has 0 unspecified atom stereocenters. The van der Waals surface area contributed by atoms with E-state index in [-0.39, 0.29) is 0 Å². The molecule has 1 aliphatic rings. The number of piperidine rings is 1. The maximum atomic E-state index is 6.34. The number of benzene rings is 2. The number of nitrogens with zero attached hydrogens (tertiary/aromatic N) is 3. The van der Waals surface area contributed by atoms with E-state index < -0.39 is 0 Å². The lowest BCUT2D eigenvalue weighted by Gasteiger charge is -2.32. The van der Waals surface area contributed by atoms with E-state index in [1.807, 2.05) is 30.6 Å². The Kier molecular flexibility index (Phi) is 5.83. The molecule has 0 spiro atoms. The van der Waals surface area contributed by atoms with E-state index in [2.05, 4.69) is 68.6 Å². The van der Waals surface area contributed by atoms with Crippen LogP contribution in [0.2, 0.25) is 5.02 Å². The van der Waals surface area contributed by atoms with Gasteiger partial charge in [0.05, 0.1) is 5.69 Å².